The first-order valence-corrected chi connectivity index (χ1v) is 6.96. The van der Waals surface area contributed by atoms with Crippen molar-refractivity contribution in [3.05, 3.63) is 46.2 Å². The Balaban J connectivity index is 2.01. The zero-order chi connectivity index (χ0) is 12.4. The molecule has 0 radical (unpaired) electrons. The molecule has 1 heterocycles. The van der Waals surface area contributed by atoms with Crippen molar-refractivity contribution in [2.24, 2.45) is 0 Å². The molecule has 0 aliphatic heterocycles. The SMILES string of the molecule is O=c1cc[nH]c2ccc(C3CCCCCC3)cc12. The molecular formula is C16H19NO. The van der Waals surface area contributed by atoms with Crippen molar-refractivity contribution < 1.29 is 0 Å². The zero-order valence-electron chi connectivity index (χ0n) is 10.6. The molecule has 0 atom stereocenters. The topological polar surface area (TPSA) is 32.9 Å². The average molecular weight is 241 g/mol. The molecule has 94 valence electrons. The molecule has 3 rings (SSSR count). The van der Waals surface area contributed by atoms with Crippen LogP contribution in [0.15, 0.2) is 35.3 Å². The van der Waals surface area contributed by atoms with Gasteiger partial charge in [-0.3, -0.25) is 4.79 Å². The lowest BCUT2D eigenvalue weighted by atomic mass is 9.91. The van der Waals surface area contributed by atoms with Crippen molar-refractivity contribution in [2.75, 3.05) is 0 Å². The van der Waals surface area contributed by atoms with E-state index >= 15 is 0 Å². The molecule has 1 aromatic carbocycles. The molecule has 1 aliphatic carbocycles. The Morgan fingerprint density at radius 2 is 1.78 bits per heavy atom. The van der Waals surface area contributed by atoms with E-state index in [0.717, 1.165) is 10.9 Å². The molecule has 0 unspecified atom stereocenters. The van der Waals surface area contributed by atoms with Crippen LogP contribution < -0.4 is 5.43 Å². The molecule has 0 amide bonds. The van der Waals surface area contributed by atoms with Gasteiger partial charge in [0.1, 0.15) is 0 Å². The number of pyridine rings is 1. The third kappa shape index (κ3) is 2.20. The van der Waals surface area contributed by atoms with E-state index in [1.54, 1.807) is 12.3 Å². The van der Waals surface area contributed by atoms with Crippen molar-refractivity contribution in [2.45, 2.75) is 44.4 Å². The molecule has 1 saturated carbocycles. The number of hydrogen-bond acceptors (Lipinski definition) is 1. The molecule has 0 saturated heterocycles. The maximum Gasteiger partial charge on any atom is 0.189 e. The molecule has 2 nitrogen and oxygen atoms in total. The second-order valence-electron chi connectivity index (χ2n) is 5.34. The summed E-state index contributed by atoms with van der Waals surface area (Å²) in [6, 6.07) is 7.95. The minimum absolute atomic E-state index is 0.124. The standard InChI is InChI=1S/C16H19NO/c18-16-9-10-17-15-8-7-13(11-14(15)16)12-5-3-1-2-4-6-12/h7-12H,1-6H2,(H,17,18). The number of aromatic amines is 1. The van der Waals surface area contributed by atoms with E-state index in [1.807, 2.05) is 0 Å². The van der Waals surface area contributed by atoms with Gasteiger partial charge in [-0.2, -0.15) is 0 Å². The summed E-state index contributed by atoms with van der Waals surface area (Å²) in [7, 11) is 0. The minimum Gasteiger partial charge on any atom is -0.361 e. The van der Waals surface area contributed by atoms with Crippen LogP contribution in [-0.4, -0.2) is 4.98 Å². The van der Waals surface area contributed by atoms with Gasteiger partial charge >= 0.3 is 0 Å². The van der Waals surface area contributed by atoms with Crippen molar-refractivity contribution in [3.63, 3.8) is 0 Å². The number of rotatable bonds is 1. The third-order valence-electron chi connectivity index (χ3n) is 4.11. The van der Waals surface area contributed by atoms with Crippen molar-refractivity contribution in [3.8, 4) is 0 Å². The molecule has 0 spiro atoms. The highest BCUT2D eigenvalue weighted by Gasteiger charge is 2.14. The Bertz CT molecular complexity index is 591. The first kappa shape index (κ1) is 11.5. The van der Waals surface area contributed by atoms with Crippen molar-refractivity contribution in [1.29, 1.82) is 0 Å². The summed E-state index contributed by atoms with van der Waals surface area (Å²) in [5.74, 6) is 0.650. The summed E-state index contributed by atoms with van der Waals surface area (Å²) in [5.41, 5.74) is 2.42. The molecular weight excluding hydrogens is 222 g/mol. The van der Waals surface area contributed by atoms with E-state index in [-0.39, 0.29) is 5.43 Å². The van der Waals surface area contributed by atoms with E-state index in [0.29, 0.717) is 5.92 Å². The lowest BCUT2D eigenvalue weighted by Crippen LogP contribution is -2.03. The Morgan fingerprint density at radius 3 is 2.56 bits per heavy atom. The fourth-order valence-electron chi connectivity index (χ4n) is 3.06. The number of H-pyrrole nitrogens is 1. The van der Waals surface area contributed by atoms with Crippen LogP contribution in [0.5, 0.6) is 0 Å². The second-order valence-corrected chi connectivity index (χ2v) is 5.34. The van der Waals surface area contributed by atoms with Gasteiger partial charge in [0.15, 0.2) is 5.43 Å². The number of benzene rings is 1. The lowest BCUT2D eigenvalue weighted by molar-refractivity contribution is 0.593. The molecule has 18 heavy (non-hydrogen) atoms. The molecule has 2 heteroatoms. The Morgan fingerprint density at radius 1 is 1.00 bits per heavy atom. The van der Waals surface area contributed by atoms with Gasteiger partial charge in [-0.15, -0.1) is 0 Å². The van der Waals surface area contributed by atoms with Gasteiger partial charge in [-0.25, -0.2) is 0 Å². The van der Waals surface area contributed by atoms with Crippen LogP contribution >= 0.6 is 0 Å². The predicted octanol–water partition coefficient (Wildman–Crippen LogP) is 3.97. The van der Waals surface area contributed by atoms with Gasteiger partial charge in [-0.1, -0.05) is 31.7 Å². The summed E-state index contributed by atoms with van der Waals surface area (Å²) in [5, 5.41) is 0.833. The second kappa shape index (κ2) is 4.97. The fraction of sp³-hybridized carbons (Fsp3) is 0.438. The normalized spacial score (nSPS) is 17.8. The van der Waals surface area contributed by atoms with Gasteiger partial charge in [0.25, 0.3) is 0 Å². The monoisotopic (exact) mass is 241 g/mol. The van der Waals surface area contributed by atoms with Gasteiger partial charge in [-0.05, 0) is 36.5 Å². The fourth-order valence-corrected chi connectivity index (χ4v) is 3.06. The Hall–Kier alpha value is -1.57. The first-order valence-electron chi connectivity index (χ1n) is 6.96. The first-order chi connectivity index (χ1) is 8.84. The van der Waals surface area contributed by atoms with E-state index in [2.05, 4.69) is 23.2 Å². The highest BCUT2D eigenvalue weighted by atomic mass is 16.1. The lowest BCUT2D eigenvalue weighted by Gasteiger charge is -2.14. The zero-order valence-corrected chi connectivity index (χ0v) is 10.6. The number of fused-ring (bicyclic) bond motifs is 1. The highest BCUT2D eigenvalue weighted by Crippen LogP contribution is 2.32. The quantitative estimate of drug-likeness (QED) is 0.753. The molecule has 0 bridgehead atoms. The number of aromatic nitrogens is 1. The van der Waals surface area contributed by atoms with Gasteiger partial charge in [0.2, 0.25) is 0 Å². The number of nitrogens with one attached hydrogen (secondary N) is 1. The number of hydrogen-bond donors (Lipinski definition) is 1. The molecule has 1 aromatic heterocycles. The molecule has 1 N–H and O–H groups in total. The summed E-state index contributed by atoms with van der Waals surface area (Å²) < 4.78 is 0. The van der Waals surface area contributed by atoms with E-state index < -0.39 is 0 Å². The molecule has 1 aliphatic rings. The minimum atomic E-state index is 0.124. The molecule has 1 fully saturated rings. The van der Waals surface area contributed by atoms with Crippen molar-refractivity contribution >= 4 is 10.9 Å². The van der Waals surface area contributed by atoms with E-state index in [9.17, 15) is 4.79 Å². The van der Waals surface area contributed by atoms with Crippen LogP contribution in [-0.2, 0) is 0 Å². The summed E-state index contributed by atoms with van der Waals surface area (Å²) in [6.45, 7) is 0. The summed E-state index contributed by atoms with van der Waals surface area (Å²) in [6.07, 6.45) is 9.65. The van der Waals surface area contributed by atoms with Crippen LogP contribution in [0.4, 0.5) is 0 Å². The molecule has 2 aromatic rings. The van der Waals surface area contributed by atoms with Crippen LogP contribution in [0.2, 0.25) is 0 Å². The predicted molar refractivity (Wildman–Crippen MR) is 75.0 cm³/mol. The van der Waals surface area contributed by atoms with Gasteiger partial charge in [0, 0.05) is 23.2 Å². The largest absolute Gasteiger partial charge is 0.361 e. The maximum absolute atomic E-state index is 11.9. The van der Waals surface area contributed by atoms with E-state index in [4.69, 9.17) is 0 Å². The Labute approximate surface area is 107 Å². The van der Waals surface area contributed by atoms with Crippen LogP contribution in [0, 0.1) is 0 Å². The van der Waals surface area contributed by atoms with Crippen LogP contribution in [0.3, 0.4) is 0 Å². The maximum atomic E-state index is 11.9. The average Bonchev–Trinajstić information content (AvgIpc) is 2.68. The van der Waals surface area contributed by atoms with Crippen LogP contribution in [0.25, 0.3) is 10.9 Å². The Kier molecular flexibility index (Phi) is 3.18. The highest BCUT2D eigenvalue weighted by molar-refractivity contribution is 5.78. The van der Waals surface area contributed by atoms with E-state index in [1.165, 1.54) is 44.1 Å². The van der Waals surface area contributed by atoms with Gasteiger partial charge < -0.3 is 4.98 Å². The van der Waals surface area contributed by atoms with Crippen LogP contribution in [0.1, 0.15) is 50.0 Å². The summed E-state index contributed by atoms with van der Waals surface area (Å²) in [4.78, 5) is 15.0. The summed E-state index contributed by atoms with van der Waals surface area (Å²) >= 11 is 0. The van der Waals surface area contributed by atoms with Gasteiger partial charge in [0.05, 0.1) is 0 Å². The smallest absolute Gasteiger partial charge is 0.189 e. The third-order valence-corrected chi connectivity index (χ3v) is 4.11. The van der Waals surface area contributed by atoms with Crippen molar-refractivity contribution in [1.82, 2.24) is 4.98 Å².